The fourth-order valence-electron chi connectivity index (χ4n) is 5.26. The number of hydrogen-bond donors (Lipinski definition) is 1. The number of ether oxygens (including phenoxy) is 2. The van der Waals surface area contributed by atoms with Crippen molar-refractivity contribution in [2.45, 2.75) is 26.4 Å². The van der Waals surface area contributed by atoms with Crippen molar-refractivity contribution in [1.29, 1.82) is 0 Å². The van der Waals surface area contributed by atoms with Gasteiger partial charge in [-0.2, -0.15) is 0 Å². The molecule has 0 bridgehead atoms. The SMILES string of the molecule is COc1cccc(N2C(=O)c3ccc(C(=O)NCCCN4CCN(c5ccccc5OC(C)C)CC4)cc3C2=O)c1. The molecule has 0 saturated carbocycles. The van der Waals surface area contributed by atoms with E-state index in [1.54, 1.807) is 36.4 Å². The summed E-state index contributed by atoms with van der Waals surface area (Å²) >= 11 is 0. The number of nitrogens with zero attached hydrogens (tertiary/aromatic N) is 3. The number of piperazine rings is 1. The first-order valence-corrected chi connectivity index (χ1v) is 14.0. The highest BCUT2D eigenvalue weighted by atomic mass is 16.5. The quantitative estimate of drug-likeness (QED) is 0.295. The van der Waals surface area contributed by atoms with Gasteiger partial charge in [-0.3, -0.25) is 19.3 Å². The van der Waals surface area contributed by atoms with Gasteiger partial charge in [0.05, 0.1) is 35.7 Å². The maximum atomic E-state index is 13.1. The third kappa shape index (κ3) is 6.20. The van der Waals surface area contributed by atoms with Crippen molar-refractivity contribution in [3.8, 4) is 11.5 Å². The number of nitrogens with one attached hydrogen (secondary N) is 1. The van der Waals surface area contributed by atoms with Crippen LogP contribution >= 0.6 is 0 Å². The molecule has 9 nitrogen and oxygen atoms in total. The smallest absolute Gasteiger partial charge is 0.266 e. The Morgan fingerprint density at radius 2 is 1.66 bits per heavy atom. The monoisotopic (exact) mass is 556 g/mol. The fourth-order valence-corrected chi connectivity index (χ4v) is 5.26. The number of anilines is 2. The van der Waals surface area contributed by atoms with Crippen molar-refractivity contribution in [2.24, 2.45) is 0 Å². The molecule has 2 aliphatic rings. The summed E-state index contributed by atoms with van der Waals surface area (Å²) in [7, 11) is 1.53. The molecule has 1 N–H and O–H groups in total. The second kappa shape index (κ2) is 12.4. The lowest BCUT2D eigenvalue weighted by atomic mass is 10.1. The molecule has 0 radical (unpaired) electrons. The standard InChI is InChI=1S/C32H36N4O5/c1-22(2)41-29-11-5-4-10-28(29)35-18-16-34(17-19-35)15-7-14-33-30(37)23-12-13-26-27(20-23)32(39)36(31(26)38)24-8-6-9-25(21-24)40-3/h4-6,8-13,20-22H,7,14-19H2,1-3H3,(H,33,37). The molecule has 2 aliphatic heterocycles. The van der Waals surface area contributed by atoms with Crippen LogP contribution in [0.15, 0.2) is 66.7 Å². The lowest BCUT2D eigenvalue weighted by Crippen LogP contribution is -2.47. The second-order valence-corrected chi connectivity index (χ2v) is 10.5. The average Bonchev–Trinajstić information content (AvgIpc) is 3.24. The molecule has 0 unspecified atom stereocenters. The van der Waals surface area contributed by atoms with Gasteiger partial charge < -0.3 is 19.7 Å². The van der Waals surface area contributed by atoms with Crippen LogP contribution in [-0.4, -0.2) is 75.1 Å². The fraction of sp³-hybridized carbons (Fsp3) is 0.344. The molecule has 5 rings (SSSR count). The van der Waals surface area contributed by atoms with E-state index in [9.17, 15) is 14.4 Å². The van der Waals surface area contributed by atoms with Gasteiger partial charge >= 0.3 is 0 Å². The largest absolute Gasteiger partial charge is 0.497 e. The van der Waals surface area contributed by atoms with Crippen LogP contribution in [0.2, 0.25) is 0 Å². The molecule has 2 heterocycles. The Labute approximate surface area is 240 Å². The van der Waals surface area contributed by atoms with Crippen molar-refractivity contribution >= 4 is 29.1 Å². The highest BCUT2D eigenvalue weighted by Crippen LogP contribution is 2.31. The minimum absolute atomic E-state index is 0.126. The Hall–Kier alpha value is -4.37. The topological polar surface area (TPSA) is 91.4 Å². The Morgan fingerprint density at radius 3 is 2.41 bits per heavy atom. The minimum atomic E-state index is -0.453. The number of fused-ring (bicyclic) bond motifs is 1. The predicted molar refractivity (Wildman–Crippen MR) is 158 cm³/mol. The summed E-state index contributed by atoms with van der Waals surface area (Å²) in [5, 5.41) is 2.96. The number of carbonyl (C=O) groups is 3. The lowest BCUT2D eigenvalue weighted by Gasteiger charge is -2.37. The van der Waals surface area contributed by atoms with E-state index in [0.717, 1.165) is 55.5 Å². The number of amides is 3. The van der Waals surface area contributed by atoms with Crippen molar-refractivity contribution in [2.75, 3.05) is 56.2 Å². The van der Waals surface area contributed by atoms with Crippen molar-refractivity contribution < 1.29 is 23.9 Å². The van der Waals surface area contributed by atoms with E-state index in [1.807, 2.05) is 32.0 Å². The number of benzene rings is 3. The maximum Gasteiger partial charge on any atom is 0.266 e. The van der Waals surface area contributed by atoms with Gasteiger partial charge in [-0.25, -0.2) is 4.90 Å². The van der Waals surface area contributed by atoms with E-state index in [1.165, 1.54) is 13.2 Å². The molecular weight excluding hydrogens is 520 g/mol. The van der Waals surface area contributed by atoms with Gasteiger partial charge in [0, 0.05) is 44.4 Å². The average molecular weight is 557 g/mol. The second-order valence-electron chi connectivity index (χ2n) is 10.5. The number of imide groups is 1. The third-order valence-electron chi connectivity index (χ3n) is 7.34. The van der Waals surface area contributed by atoms with Crippen molar-refractivity contribution in [1.82, 2.24) is 10.2 Å². The zero-order valence-corrected chi connectivity index (χ0v) is 23.8. The number of rotatable bonds is 10. The molecule has 0 aromatic heterocycles. The van der Waals surface area contributed by atoms with E-state index in [0.29, 0.717) is 23.5 Å². The first-order chi connectivity index (χ1) is 19.9. The summed E-state index contributed by atoms with van der Waals surface area (Å²) in [6, 6.07) is 19.6. The molecule has 0 atom stereocenters. The normalized spacial score (nSPS) is 15.3. The Bertz CT molecular complexity index is 1430. The van der Waals surface area contributed by atoms with Crippen molar-refractivity contribution in [3.05, 3.63) is 83.4 Å². The van der Waals surface area contributed by atoms with Gasteiger partial charge in [-0.1, -0.05) is 18.2 Å². The summed E-state index contributed by atoms with van der Waals surface area (Å²) in [5.41, 5.74) is 2.42. The van der Waals surface area contributed by atoms with Crippen LogP contribution in [0.3, 0.4) is 0 Å². The van der Waals surface area contributed by atoms with E-state index >= 15 is 0 Å². The minimum Gasteiger partial charge on any atom is -0.497 e. The van der Waals surface area contributed by atoms with Crippen LogP contribution in [0.5, 0.6) is 11.5 Å². The van der Waals surface area contributed by atoms with Crippen LogP contribution in [0.4, 0.5) is 11.4 Å². The van der Waals surface area contributed by atoms with E-state index in [2.05, 4.69) is 21.2 Å². The van der Waals surface area contributed by atoms with Crippen LogP contribution in [0.1, 0.15) is 51.3 Å². The maximum absolute atomic E-state index is 13.1. The summed E-state index contributed by atoms with van der Waals surface area (Å²) in [6.45, 7) is 9.18. The molecule has 3 amide bonds. The predicted octanol–water partition coefficient (Wildman–Crippen LogP) is 4.23. The van der Waals surface area contributed by atoms with Crippen LogP contribution < -0.4 is 24.6 Å². The number of methoxy groups -OCH3 is 1. The summed E-state index contributed by atoms with van der Waals surface area (Å²) in [4.78, 5) is 44.8. The summed E-state index contributed by atoms with van der Waals surface area (Å²) in [6.07, 6.45) is 0.936. The van der Waals surface area contributed by atoms with Gasteiger partial charge in [0.25, 0.3) is 17.7 Å². The van der Waals surface area contributed by atoms with Gasteiger partial charge in [-0.15, -0.1) is 0 Å². The van der Waals surface area contributed by atoms with Crippen LogP contribution in [-0.2, 0) is 0 Å². The molecule has 1 fully saturated rings. The first-order valence-electron chi connectivity index (χ1n) is 14.0. The molecule has 3 aromatic rings. The molecule has 41 heavy (non-hydrogen) atoms. The molecule has 9 heteroatoms. The first kappa shape index (κ1) is 28.2. The molecular formula is C32H36N4O5. The Balaban J connectivity index is 1.11. The highest BCUT2D eigenvalue weighted by molar-refractivity contribution is 6.34. The Kier molecular flexibility index (Phi) is 8.54. The third-order valence-corrected chi connectivity index (χ3v) is 7.34. The van der Waals surface area contributed by atoms with Gasteiger partial charge in [0.1, 0.15) is 11.5 Å². The van der Waals surface area contributed by atoms with E-state index in [-0.39, 0.29) is 23.1 Å². The zero-order valence-electron chi connectivity index (χ0n) is 23.8. The zero-order chi connectivity index (χ0) is 28.9. The van der Waals surface area contributed by atoms with Crippen LogP contribution in [0, 0.1) is 0 Å². The Morgan fingerprint density at radius 1 is 0.902 bits per heavy atom. The van der Waals surface area contributed by atoms with E-state index < -0.39 is 11.8 Å². The highest BCUT2D eigenvalue weighted by Gasteiger charge is 2.37. The van der Waals surface area contributed by atoms with E-state index in [4.69, 9.17) is 9.47 Å². The van der Waals surface area contributed by atoms with Crippen molar-refractivity contribution in [3.63, 3.8) is 0 Å². The lowest BCUT2D eigenvalue weighted by molar-refractivity contribution is 0.0923. The van der Waals surface area contributed by atoms with Gasteiger partial charge in [0.2, 0.25) is 0 Å². The summed E-state index contributed by atoms with van der Waals surface area (Å²) < 4.78 is 11.2. The molecule has 214 valence electrons. The number of para-hydroxylation sites is 2. The molecule has 1 saturated heterocycles. The van der Waals surface area contributed by atoms with Crippen LogP contribution in [0.25, 0.3) is 0 Å². The van der Waals surface area contributed by atoms with Gasteiger partial charge in [-0.05, 0) is 69.3 Å². The number of hydrogen-bond acceptors (Lipinski definition) is 7. The number of carbonyl (C=O) groups excluding carboxylic acids is 3. The molecule has 0 aliphatic carbocycles. The van der Waals surface area contributed by atoms with Gasteiger partial charge in [0.15, 0.2) is 0 Å². The molecule has 0 spiro atoms. The molecule has 3 aromatic carbocycles. The summed E-state index contributed by atoms with van der Waals surface area (Å²) in [5.74, 6) is 0.331.